The Morgan fingerprint density at radius 1 is 1.11 bits per heavy atom. The molecular formula is C24H26ClF2N5O3. The second-order valence-electron chi connectivity index (χ2n) is 10.3. The van der Waals surface area contributed by atoms with Gasteiger partial charge in [0.1, 0.15) is 19.2 Å². The van der Waals surface area contributed by atoms with Crippen molar-refractivity contribution in [2.45, 2.75) is 50.8 Å². The molecule has 2 aliphatic carbocycles. The van der Waals surface area contributed by atoms with Crippen LogP contribution >= 0.6 is 11.6 Å². The Labute approximate surface area is 206 Å². The number of likely N-dealkylation sites (tertiary alicyclic amines) is 1. The largest absolute Gasteiger partial charge is 0.440 e. The summed E-state index contributed by atoms with van der Waals surface area (Å²) in [6.07, 6.45) is 1.66. The average molecular weight is 506 g/mol. The Hall–Kier alpha value is -2.75. The summed E-state index contributed by atoms with van der Waals surface area (Å²) in [6.45, 7) is -0.301. The number of carbonyl (C=O) groups excluding carboxylic acids is 2. The van der Waals surface area contributed by atoms with Gasteiger partial charge in [-0.1, -0.05) is 11.6 Å². The van der Waals surface area contributed by atoms with E-state index in [-0.39, 0.29) is 30.3 Å². The number of hydrogen-bond donors (Lipinski definition) is 0. The normalized spacial score (nSPS) is 20.7. The van der Waals surface area contributed by atoms with Gasteiger partial charge < -0.3 is 9.64 Å². The first kappa shape index (κ1) is 22.7. The number of amides is 2. The lowest BCUT2D eigenvalue weighted by Crippen LogP contribution is -2.63. The molecule has 0 atom stereocenters. The predicted octanol–water partition coefficient (Wildman–Crippen LogP) is 3.80. The molecule has 11 heteroatoms. The van der Waals surface area contributed by atoms with Crippen LogP contribution in [0.3, 0.4) is 0 Å². The Balaban J connectivity index is 1.23. The van der Waals surface area contributed by atoms with Crippen LogP contribution in [0.1, 0.15) is 48.8 Å². The van der Waals surface area contributed by atoms with Crippen LogP contribution in [-0.4, -0.2) is 69.1 Å². The number of rotatable bonds is 5. The summed E-state index contributed by atoms with van der Waals surface area (Å²) < 4.78 is 32.9. The van der Waals surface area contributed by atoms with Crippen molar-refractivity contribution in [3.63, 3.8) is 0 Å². The van der Waals surface area contributed by atoms with E-state index >= 15 is 0 Å². The molecule has 4 aliphatic rings. The molecule has 8 nitrogen and oxygen atoms in total. The fourth-order valence-electron chi connectivity index (χ4n) is 5.68. The zero-order valence-electron chi connectivity index (χ0n) is 19.1. The van der Waals surface area contributed by atoms with Crippen LogP contribution in [-0.2, 0) is 22.6 Å². The SMILES string of the molecule is O=C(OC(CF)CF)N1Cc2cc(Cl)ccc2-n2c(nnc2C2CC3(C2)CN(C(=O)C2CC2)C3)C1. The zero-order chi connectivity index (χ0) is 24.3. The van der Waals surface area contributed by atoms with Crippen molar-refractivity contribution in [2.75, 3.05) is 26.4 Å². The van der Waals surface area contributed by atoms with Crippen LogP contribution in [0.4, 0.5) is 13.6 Å². The highest BCUT2D eigenvalue weighted by Gasteiger charge is 2.56. The van der Waals surface area contributed by atoms with Gasteiger partial charge in [-0.15, -0.1) is 10.2 Å². The van der Waals surface area contributed by atoms with Crippen LogP contribution in [0, 0.1) is 11.3 Å². The summed E-state index contributed by atoms with van der Waals surface area (Å²) in [5.41, 5.74) is 1.76. The van der Waals surface area contributed by atoms with Gasteiger partial charge in [-0.3, -0.25) is 14.3 Å². The summed E-state index contributed by atoms with van der Waals surface area (Å²) in [5.74, 6) is 2.12. The molecular weight excluding hydrogens is 480 g/mol. The zero-order valence-corrected chi connectivity index (χ0v) is 19.9. The molecule has 2 amide bonds. The van der Waals surface area contributed by atoms with Crippen LogP contribution < -0.4 is 0 Å². The number of benzene rings is 1. The lowest BCUT2D eigenvalue weighted by Gasteiger charge is -2.58. The molecule has 2 aromatic rings. The van der Waals surface area contributed by atoms with Gasteiger partial charge in [0, 0.05) is 35.4 Å². The number of fused-ring (bicyclic) bond motifs is 3. The van der Waals surface area contributed by atoms with Crippen LogP contribution in [0.15, 0.2) is 18.2 Å². The summed E-state index contributed by atoms with van der Waals surface area (Å²) in [7, 11) is 0. The van der Waals surface area contributed by atoms with Crippen molar-refractivity contribution >= 4 is 23.6 Å². The van der Waals surface area contributed by atoms with E-state index in [2.05, 4.69) is 10.2 Å². The highest BCUT2D eigenvalue weighted by Crippen LogP contribution is 2.56. The quantitative estimate of drug-likeness (QED) is 0.617. The molecule has 1 saturated heterocycles. The van der Waals surface area contributed by atoms with E-state index in [9.17, 15) is 18.4 Å². The minimum absolute atomic E-state index is 0.0882. The standard InChI is InChI=1S/C24H26ClF2N5O3/c25-17-3-4-19-15(5-17)10-30(23(34)35-18(8-26)9-27)11-20-28-29-21(32(19)20)16-6-24(7-16)12-31(13-24)22(33)14-1-2-14/h3-5,14,16,18H,1-2,6-13H2. The third-order valence-corrected chi connectivity index (χ3v) is 7.85. The molecule has 1 aromatic heterocycles. The summed E-state index contributed by atoms with van der Waals surface area (Å²) in [5, 5.41) is 9.38. The summed E-state index contributed by atoms with van der Waals surface area (Å²) in [6, 6.07) is 5.43. The number of nitrogens with zero attached hydrogens (tertiary/aromatic N) is 5. The van der Waals surface area contributed by atoms with Crippen molar-refractivity contribution < 1.29 is 23.1 Å². The monoisotopic (exact) mass is 505 g/mol. The van der Waals surface area contributed by atoms with Gasteiger partial charge in [0.05, 0.1) is 18.8 Å². The first-order valence-corrected chi connectivity index (χ1v) is 12.4. The minimum Gasteiger partial charge on any atom is -0.440 e. The smallest absolute Gasteiger partial charge is 0.410 e. The van der Waals surface area contributed by atoms with E-state index in [0.717, 1.165) is 55.8 Å². The number of carbonyl (C=O) groups is 2. The molecule has 186 valence electrons. The average Bonchev–Trinajstić information content (AvgIpc) is 3.59. The summed E-state index contributed by atoms with van der Waals surface area (Å²) >= 11 is 6.25. The molecule has 2 aliphatic heterocycles. The van der Waals surface area contributed by atoms with Gasteiger partial charge in [0.2, 0.25) is 5.91 Å². The molecule has 1 aromatic carbocycles. The van der Waals surface area contributed by atoms with E-state index < -0.39 is 25.5 Å². The maximum atomic E-state index is 12.9. The summed E-state index contributed by atoms with van der Waals surface area (Å²) in [4.78, 5) is 28.4. The molecule has 6 rings (SSSR count). The molecule has 0 N–H and O–H groups in total. The van der Waals surface area contributed by atoms with Gasteiger partial charge in [0.25, 0.3) is 0 Å². The van der Waals surface area contributed by atoms with Crippen LogP contribution in [0.5, 0.6) is 0 Å². The Bertz CT molecular complexity index is 1170. The van der Waals surface area contributed by atoms with Crippen LogP contribution in [0.2, 0.25) is 5.02 Å². The number of alkyl halides is 2. The Morgan fingerprint density at radius 3 is 2.54 bits per heavy atom. The van der Waals surface area contributed by atoms with Crippen molar-refractivity contribution in [1.29, 1.82) is 0 Å². The first-order valence-electron chi connectivity index (χ1n) is 12.0. The third kappa shape index (κ3) is 3.95. The van der Waals surface area contributed by atoms with Gasteiger partial charge >= 0.3 is 6.09 Å². The lowest BCUT2D eigenvalue weighted by molar-refractivity contribution is -0.153. The van der Waals surface area contributed by atoms with E-state index in [1.54, 1.807) is 12.1 Å². The van der Waals surface area contributed by atoms with Crippen molar-refractivity contribution in [2.24, 2.45) is 11.3 Å². The third-order valence-electron chi connectivity index (χ3n) is 7.62. The van der Waals surface area contributed by atoms with Gasteiger partial charge in [0.15, 0.2) is 11.9 Å². The molecule has 3 fully saturated rings. The number of hydrogen-bond acceptors (Lipinski definition) is 5. The maximum absolute atomic E-state index is 12.9. The number of ether oxygens (including phenoxy) is 1. The van der Waals surface area contributed by atoms with Crippen molar-refractivity contribution in [3.8, 4) is 5.69 Å². The van der Waals surface area contributed by atoms with Gasteiger partial charge in [-0.05, 0) is 49.4 Å². The highest BCUT2D eigenvalue weighted by molar-refractivity contribution is 6.30. The van der Waals surface area contributed by atoms with E-state index in [0.29, 0.717) is 16.8 Å². The minimum atomic E-state index is -1.43. The highest BCUT2D eigenvalue weighted by atomic mass is 35.5. The maximum Gasteiger partial charge on any atom is 0.410 e. The topological polar surface area (TPSA) is 80.6 Å². The van der Waals surface area contributed by atoms with Gasteiger partial charge in [-0.2, -0.15) is 0 Å². The number of aromatic nitrogens is 3. The van der Waals surface area contributed by atoms with E-state index in [4.69, 9.17) is 16.3 Å². The number of halogens is 3. The molecule has 1 spiro atoms. The molecule has 0 radical (unpaired) electrons. The first-order chi connectivity index (χ1) is 16.9. The van der Waals surface area contributed by atoms with Crippen LogP contribution in [0.25, 0.3) is 5.69 Å². The van der Waals surface area contributed by atoms with Crippen molar-refractivity contribution in [1.82, 2.24) is 24.6 Å². The van der Waals surface area contributed by atoms with E-state index in [1.807, 2.05) is 15.5 Å². The second-order valence-corrected chi connectivity index (χ2v) is 10.8. The molecule has 35 heavy (non-hydrogen) atoms. The lowest BCUT2D eigenvalue weighted by atomic mass is 9.57. The van der Waals surface area contributed by atoms with Gasteiger partial charge in [-0.25, -0.2) is 13.6 Å². The fourth-order valence-corrected chi connectivity index (χ4v) is 5.87. The fraction of sp³-hybridized carbons (Fsp3) is 0.583. The second kappa shape index (κ2) is 8.43. The Kier molecular flexibility index (Phi) is 5.47. The predicted molar refractivity (Wildman–Crippen MR) is 122 cm³/mol. The van der Waals surface area contributed by atoms with E-state index in [1.165, 1.54) is 4.90 Å². The van der Waals surface area contributed by atoms with Crippen molar-refractivity contribution in [3.05, 3.63) is 40.4 Å². The Morgan fingerprint density at radius 2 is 1.86 bits per heavy atom. The molecule has 3 heterocycles. The molecule has 0 bridgehead atoms. The molecule has 0 unspecified atom stereocenters. The molecule has 2 saturated carbocycles.